The molecule has 0 unspecified atom stereocenters. The number of ketones is 1. The minimum Gasteiger partial charge on any atom is -0.496 e. The van der Waals surface area contributed by atoms with Gasteiger partial charge in [0.2, 0.25) is 5.91 Å². The van der Waals surface area contributed by atoms with Gasteiger partial charge in [0, 0.05) is 17.7 Å². The molecule has 0 saturated carbocycles. The summed E-state index contributed by atoms with van der Waals surface area (Å²) in [7, 11) is 4.26. The zero-order valence-electron chi connectivity index (χ0n) is 16.3. The second-order valence-electron chi connectivity index (χ2n) is 6.06. The van der Waals surface area contributed by atoms with E-state index in [9.17, 15) is 14.4 Å². The lowest BCUT2D eigenvalue weighted by atomic mass is 10.0. The molecule has 0 aliphatic heterocycles. The number of carbonyl (C=O) groups is 3. The van der Waals surface area contributed by atoms with Gasteiger partial charge in [-0.2, -0.15) is 0 Å². The zero-order valence-corrected chi connectivity index (χ0v) is 16.3. The number of ether oxygens (including phenoxy) is 3. The maximum absolute atomic E-state index is 12.4. The van der Waals surface area contributed by atoms with Gasteiger partial charge in [-0.15, -0.1) is 0 Å². The van der Waals surface area contributed by atoms with E-state index in [4.69, 9.17) is 14.2 Å². The largest absolute Gasteiger partial charge is 0.496 e. The van der Waals surface area contributed by atoms with Crippen LogP contribution in [0.15, 0.2) is 36.4 Å². The number of hydrogen-bond acceptors (Lipinski definition) is 6. The van der Waals surface area contributed by atoms with Crippen molar-refractivity contribution in [3.63, 3.8) is 0 Å². The molecule has 0 bridgehead atoms. The summed E-state index contributed by atoms with van der Waals surface area (Å²) in [5.41, 5.74) is 2.14. The molecule has 0 aliphatic rings. The second-order valence-corrected chi connectivity index (χ2v) is 6.06. The van der Waals surface area contributed by atoms with E-state index >= 15 is 0 Å². The molecule has 0 saturated heterocycles. The average Bonchev–Trinajstić information content (AvgIpc) is 2.71. The SMILES string of the molecule is COC(=O)c1cc(CNC(=O)Cc2cc(C(C)=O)ccc2OC)ccc1OC. The number of rotatable bonds is 8. The molecule has 0 heterocycles. The highest BCUT2D eigenvalue weighted by atomic mass is 16.5. The molecule has 0 aromatic heterocycles. The number of methoxy groups -OCH3 is 3. The molecule has 7 heteroatoms. The van der Waals surface area contributed by atoms with Crippen molar-refractivity contribution in [2.24, 2.45) is 0 Å². The van der Waals surface area contributed by atoms with Crippen molar-refractivity contribution in [2.45, 2.75) is 19.9 Å². The topological polar surface area (TPSA) is 90.9 Å². The number of Topliss-reactive ketones (excluding diaryl/α,β-unsaturated/α-hetero) is 1. The molecular formula is C21H23NO6. The van der Waals surface area contributed by atoms with Gasteiger partial charge in [-0.3, -0.25) is 9.59 Å². The van der Waals surface area contributed by atoms with Gasteiger partial charge in [0.1, 0.15) is 17.1 Å². The first-order valence-corrected chi connectivity index (χ1v) is 8.59. The van der Waals surface area contributed by atoms with Gasteiger partial charge in [0.05, 0.1) is 27.8 Å². The van der Waals surface area contributed by atoms with Crippen LogP contribution in [0.5, 0.6) is 11.5 Å². The van der Waals surface area contributed by atoms with Gasteiger partial charge in [0.15, 0.2) is 5.78 Å². The molecule has 0 aliphatic carbocycles. The van der Waals surface area contributed by atoms with Crippen molar-refractivity contribution in [3.05, 3.63) is 58.7 Å². The number of carbonyl (C=O) groups excluding carboxylic acids is 3. The summed E-state index contributed by atoms with van der Waals surface area (Å²) in [5, 5.41) is 2.80. The van der Waals surface area contributed by atoms with E-state index < -0.39 is 5.97 Å². The van der Waals surface area contributed by atoms with Crippen molar-refractivity contribution in [2.75, 3.05) is 21.3 Å². The zero-order chi connectivity index (χ0) is 20.7. The van der Waals surface area contributed by atoms with E-state index in [-0.39, 0.29) is 30.2 Å². The highest BCUT2D eigenvalue weighted by molar-refractivity contribution is 5.95. The standard InChI is InChI=1S/C21H23NO6/c1-13(23)15-6-8-18(26-2)16(10-15)11-20(24)22-12-14-5-7-19(27-3)17(9-14)21(25)28-4/h5-10H,11-12H2,1-4H3,(H,22,24). The molecule has 1 amide bonds. The molecule has 2 aromatic rings. The first-order chi connectivity index (χ1) is 13.4. The first-order valence-electron chi connectivity index (χ1n) is 8.59. The first kappa shape index (κ1) is 21.0. The summed E-state index contributed by atoms with van der Waals surface area (Å²) in [6.07, 6.45) is 0.0598. The van der Waals surface area contributed by atoms with Crippen LogP contribution in [0.1, 0.15) is 38.8 Å². The third-order valence-corrected chi connectivity index (χ3v) is 4.20. The van der Waals surface area contributed by atoms with E-state index in [1.165, 1.54) is 28.3 Å². The third kappa shape index (κ3) is 5.09. The lowest BCUT2D eigenvalue weighted by molar-refractivity contribution is -0.120. The summed E-state index contributed by atoms with van der Waals surface area (Å²) < 4.78 is 15.2. The molecule has 0 atom stereocenters. The molecule has 7 nitrogen and oxygen atoms in total. The molecular weight excluding hydrogens is 362 g/mol. The average molecular weight is 385 g/mol. The summed E-state index contributed by atoms with van der Waals surface area (Å²) >= 11 is 0. The van der Waals surface area contributed by atoms with E-state index in [0.29, 0.717) is 22.6 Å². The molecule has 0 fully saturated rings. The lowest BCUT2D eigenvalue weighted by Crippen LogP contribution is -2.25. The van der Waals surface area contributed by atoms with Crippen LogP contribution in [0, 0.1) is 0 Å². The normalized spacial score (nSPS) is 10.1. The Bertz CT molecular complexity index is 890. The van der Waals surface area contributed by atoms with Crippen molar-refractivity contribution < 1.29 is 28.6 Å². The molecule has 1 N–H and O–H groups in total. The second kappa shape index (κ2) is 9.55. The van der Waals surface area contributed by atoms with Gasteiger partial charge in [-0.25, -0.2) is 4.79 Å². The van der Waals surface area contributed by atoms with Crippen molar-refractivity contribution in [1.82, 2.24) is 5.32 Å². The number of benzene rings is 2. The quantitative estimate of drug-likeness (QED) is 0.555. The fraction of sp³-hybridized carbons (Fsp3) is 0.286. The smallest absolute Gasteiger partial charge is 0.341 e. The fourth-order valence-electron chi connectivity index (χ4n) is 2.71. The summed E-state index contributed by atoms with van der Waals surface area (Å²) in [4.78, 5) is 35.8. The molecule has 148 valence electrons. The lowest BCUT2D eigenvalue weighted by Gasteiger charge is -2.12. The Balaban J connectivity index is 2.10. The fourth-order valence-corrected chi connectivity index (χ4v) is 2.71. The van der Waals surface area contributed by atoms with Gasteiger partial charge in [0.25, 0.3) is 0 Å². The van der Waals surface area contributed by atoms with Crippen molar-refractivity contribution in [1.29, 1.82) is 0 Å². The monoisotopic (exact) mass is 385 g/mol. The minimum atomic E-state index is -0.518. The van der Waals surface area contributed by atoms with Crippen molar-refractivity contribution >= 4 is 17.7 Å². The maximum atomic E-state index is 12.4. The Morgan fingerprint density at radius 3 is 2.21 bits per heavy atom. The van der Waals surface area contributed by atoms with Crippen LogP contribution in [0.4, 0.5) is 0 Å². The number of esters is 1. The van der Waals surface area contributed by atoms with E-state index in [0.717, 1.165) is 5.56 Å². The van der Waals surface area contributed by atoms with Crippen LogP contribution < -0.4 is 14.8 Å². The van der Waals surface area contributed by atoms with Gasteiger partial charge in [-0.05, 0) is 42.8 Å². The summed E-state index contributed by atoms with van der Waals surface area (Å²) in [6.45, 7) is 1.69. The van der Waals surface area contributed by atoms with E-state index in [1.54, 1.807) is 36.4 Å². The van der Waals surface area contributed by atoms with Crippen molar-refractivity contribution in [3.8, 4) is 11.5 Å². The number of nitrogens with one attached hydrogen (secondary N) is 1. The molecule has 0 radical (unpaired) electrons. The van der Waals surface area contributed by atoms with Gasteiger partial charge < -0.3 is 19.5 Å². The van der Waals surface area contributed by atoms with Crippen LogP contribution in [0.3, 0.4) is 0 Å². The molecule has 28 heavy (non-hydrogen) atoms. The summed E-state index contributed by atoms with van der Waals surface area (Å²) in [5.74, 6) is 0.0911. The molecule has 0 spiro atoms. The highest BCUT2D eigenvalue weighted by Crippen LogP contribution is 2.22. The Hall–Kier alpha value is -3.35. The Morgan fingerprint density at radius 2 is 1.61 bits per heavy atom. The van der Waals surface area contributed by atoms with Crippen LogP contribution >= 0.6 is 0 Å². The summed E-state index contributed by atoms with van der Waals surface area (Å²) in [6, 6.07) is 10.0. The van der Waals surface area contributed by atoms with E-state index in [1.807, 2.05) is 0 Å². The van der Waals surface area contributed by atoms with Crippen LogP contribution in [-0.4, -0.2) is 39.0 Å². The van der Waals surface area contributed by atoms with Crippen LogP contribution in [0.25, 0.3) is 0 Å². The minimum absolute atomic E-state index is 0.0598. The Morgan fingerprint density at radius 1 is 0.929 bits per heavy atom. The Kier molecular flexibility index (Phi) is 7.14. The van der Waals surface area contributed by atoms with Crippen LogP contribution in [0.2, 0.25) is 0 Å². The Labute approximate surface area is 163 Å². The third-order valence-electron chi connectivity index (χ3n) is 4.20. The molecule has 2 rings (SSSR count). The van der Waals surface area contributed by atoms with E-state index in [2.05, 4.69) is 5.32 Å². The van der Waals surface area contributed by atoms with Gasteiger partial charge in [-0.1, -0.05) is 6.07 Å². The number of amides is 1. The predicted octanol–water partition coefficient (Wildman–Crippen LogP) is 2.55. The maximum Gasteiger partial charge on any atom is 0.341 e. The molecule has 2 aromatic carbocycles. The predicted molar refractivity (Wildman–Crippen MR) is 103 cm³/mol. The highest BCUT2D eigenvalue weighted by Gasteiger charge is 2.15. The van der Waals surface area contributed by atoms with Crippen LogP contribution in [-0.2, 0) is 22.5 Å². The van der Waals surface area contributed by atoms with Gasteiger partial charge >= 0.3 is 5.97 Å². The number of hydrogen-bond donors (Lipinski definition) is 1.